The predicted octanol–water partition coefficient (Wildman–Crippen LogP) is 2.00. The molecule has 17 heavy (non-hydrogen) atoms. The zero-order chi connectivity index (χ0) is 12.4. The lowest BCUT2D eigenvalue weighted by atomic mass is 10.2. The molecule has 0 aliphatic heterocycles. The van der Waals surface area contributed by atoms with E-state index in [0.29, 0.717) is 20.8 Å². The van der Waals surface area contributed by atoms with E-state index in [1.54, 1.807) is 12.1 Å². The minimum atomic E-state index is -0.513. The first kappa shape index (κ1) is 11.9. The summed E-state index contributed by atoms with van der Waals surface area (Å²) >= 11 is 1.28. The summed E-state index contributed by atoms with van der Waals surface area (Å²) in [6.45, 7) is -0.176. The van der Waals surface area contributed by atoms with E-state index >= 15 is 0 Å². The molecule has 0 spiro atoms. The van der Waals surface area contributed by atoms with Crippen LogP contribution in [0, 0.1) is 5.82 Å². The second kappa shape index (κ2) is 4.77. The third kappa shape index (κ3) is 2.13. The molecule has 2 rings (SSSR count). The Morgan fingerprint density at radius 1 is 1.47 bits per heavy atom. The molecule has 0 saturated carbocycles. The zero-order valence-electron chi connectivity index (χ0n) is 9.20. The summed E-state index contributed by atoms with van der Waals surface area (Å²) in [5.74, 6) is -0.210. The van der Waals surface area contributed by atoms with E-state index in [0.717, 1.165) is 0 Å². The number of aliphatic hydroxyl groups is 1. The molecule has 0 aliphatic carbocycles. The number of hydrogen-bond donors (Lipinski definition) is 2. The molecule has 6 heteroatoms. The lowest BCUT2D eigenvalue weighted by molar-refractivity contribution is 0.191. The molecule has 92 valence electrons. The molecule has 0 aliphatic rings. The van der Waals surface area contributed by atoms with E-state index < -0.39 is 5.82 Å². The number of ether oxygens (including phenoxy) is 2. The lowest BCUT2D eigenvalue weighted by Gasteiger charge is -2.11. The number of nitrogen functional groups attached to an aromatic ring is 1. The quantitative estimate of drug-likeness (QED) is 0.879. The summed E-state index contributed by atoms with van der Waals surface area (Å²) in [5.41, 5.74) is 5.63. The molecule has 4 nitrogen and oxygen atoms in total. The van der Waals surface area contributed by atoms with Gasteiger partial charge in [0.2, 0.25) is 0 Å². The molecule has 0 unspecified atom stereocenters. The first-order valence-corrected chi connectivity index (χ1v) is 5.78. The van der Waals surface area contributed by atoms with E-state index in [1.165, 1.54) is 18.4 Å². The van der Waals surface area contributed by atoms with E-state index in [9.17, 15) is 4.39 Å². The Morgan fingerprint density at radius 3 is 2.88 bits per heavy atom. The molecular formula is C11H12FNO3S. The highest BCUT2D eigenvalue weighted by Gasteiger charge is 2.17. The Bertz CT molecular complexity index is 541. The molecule has 3 N–H and O–H groups in total. The smallest absolute Gasteiger partial charge is 0.197 e. The first-order valence-electron chi connectivity index (χ1n) is 4.96. The number of fused-ring (bicyclic) bond motifs is 1. The number of hydrogen-bond acceptors (Lipinski definition) is 5. The van der Waals surface area contributed by atoms with Crippen molar-refractivity contribution >= 4 is 26.4 Å². The van der Waals surface area contributed by atoms with Crippen LogP contribution in [0.5, 0.6) is 11.5 Å². The van der Waals surface area contributed by atoms with E-state index in [-0.39, 0.29) is 19.0 Å². The molecule has 0 radical (unpaired) electrons. The summed E-state index contributed by atoms with van der Waals surface area (Å²) in [6.07, 6.45) is 0. The van der Waals surface area contributed by atoms with Crippen LogP contribution in [-0.4, -0.2) is 25.4 Å². The minimum Gasteiger partial charge on any atom is -0.493 e. The van der Waals surface area contributed by atoms with Gasteiger partial charge in [-0.25, -0.2) is 4.39 Å². The van der Waals surface area contributed by atoms with Crippen LogP contribution < -0.4 is 15.2 Å². The van der Waals surface area contributed by atoms with Gasteiger partial charge >= 0.3 is 0 Å². The molecule has 0 fully saturated rings. The summed E-state index contributed by atoms with van der Waals surface area (Å²) in [5, 5.41) is 9.63. The Labute approximate surface area is 101 Å². The molecule has 0 saturated heterocycles. The van der Waals surface area contributed by atoms with Gasteiger partial charge in [0.15, 0.2) is 17.3 Å². The van der Waals surface area contributed by atoms with Crippen molar-refractivity contribution in [3.8, 4) is 11.5 Å². The van der Waals surface area contributed by atoms with Gasteiger partial charge in [0.1, 0.15) is 6.61 Å². The summed E-state index contributed by atoms with van der Waals surface area (Å²) in [7, 11) is 1.43. The number of benzene rings is 1. The van der Waals surface area contributed by atoms with Crippen LogP contribution in [0.15, 0.2) is 12.1 Å². The lowest BCUT2D eigenvalue weighted by Crippen LogP contribution is -2.04. The Kier molecular flexibility index (Phi) is 3.35. The monoisotopic (exact) mass is 257 g/mol. The van der Waals surface area contributed by atoms with E-state index in [2.05, 4.69) is 0 Å². The van der Waals surface area contributed by atoms with Crippen molar-refractivity contribution in [1.82, 2.24) is 0 Å². The second-order valence-corrected chi connectivity index (χ2v) is 4.47. The Balaban J connectivity index is 2.58. The highest BCUT2D eigenvalue weighted by atomic mass is 32.1. The van der Waals surface area contributed by atoms with Crippen molar-refractivity contribution in [3.05, 3.63) is 17.9 Å². The van der Waals surface area contributed by atoms with E-state index in [4.69, 9.17) is 20.3 Å². The van der Waals surface area contributed by atoms with Crippen LogP contribution in [0.2, 0.25) is 0 Å². The number of anilines is 1. The highest BCUT2D eigenvalue weighted by molar-refractivity contribution is 7.22. The van der Waals surface area contributed by atoms with Crippen molar-refractivity contribution in [2.75, 3.05) is 26.1 Å². The normalized spacial score (nSPS) is 10.8. The fraction of sp³-hybridized carbons (Fsp3) is 0.273. The molecule has 1 aromatic heterocycles. The summed E-state index contributed by atoms with van der Waals surface area (Å²) in [6, 6.07) is 3.23. The summed E-state index contributed by atoms with van der Waals surface area (Å²) < 4.78 is 25.0. The maximum Gasteiger partial charge on any atom is 0.197 e. The van der Waals surface area contributed by atoms with Crippen molar-refractivity contribution in [2.24, 2.45) is 0 Å². The number of halogens is 1. The van der Waals surface area contributed by atoms with Gasteiger partial charge in [-0.15, -0.1) is 11.3 Å². The van der Waals surface area contributed by atoms with Gasteiger partial charge in [-0.3, -0.25) is 0 Å². The third-order valence-corrected chi connectivity index (χ3v) is 3.17. The molecule has 2 aromatic rings. The van der Waals surface area contributed by atoms with Crippen LogP contribution in [0.3, 0.4) is 0 Å². The van der Waals surface area contributed by atoms with Gasteiger partial charge < -0.3 is 20.3 Å². The predicted molar refractivity (Wildman–Crippen MR) is 65.3 cm³/mol. The summed E-state index contributed by atoms with van der Waals surface area (Å²) in [4.78, 5) is 0. The average Bonchev–Trinajstić information content (AvgIpc) is 2.68. The Hall–Kier alpha value is -1.53. The fourth-order valence-corrected chi connectivity index (χ4v) is 2.41. The largest absolute Gasteiger partial charge is 0.493 e. The maximum absolute atomic E-state index is 14.1. The third-order valence-electron chi connectivity index (χ3n) is 2.26. The second-order valence-electron chi connectivity index (χ2n) is 3.35. The van der Waals surface area contributed by atoms with Gasteiger partial charge in [0.25, 0.3) is 0 Å². The molecule has 0 bridgehead atoms. The number of methoxy groups -OCH3 is 1. The average molecular weight is 257 g/mol. The van der Waals surface area contributed by atoms with Crippen molar-refractivity contribution in [1.29, 1.82) is 0 Å². The molecule has 1 heterocycles. The topological polar surface area (TPSA) is 64.7 Å². The van der Waals surface area contributed by atoms with Crippen LogP contribution in [0.4, 0.5) is 9.39 Å². The van der Waals surface area contributed by atoms with Gasteiger partial charge in [-0.05, 0) is 6.07 Å². The van der Waals surface area contributed by atoms with Crippen molar-refractivity contribution in [2.45, 2.75) is 0 Å². The van der Waals surface area contributed by atoms with Gasteiger partial charge in [0, 0.05) is 16.2 Å². The number of aliphatic hydroxyl groups excluding tert-OH is 1. The molecular weight excluding hydrogens is 245 g/mol. The SMILES string of the molecule is COc1cc2sc(N)cc2c(F)c1OCCO. The van der Waals surface area contributed by atoms with Crippen LogP contribution in [-0.2, 0) is 0 Å². The van der Waals surface area contributed by atoms with Gasteiger partial charge in [-0.2, -0.15) is 0 Å². The number of rotatable bonds is 4. The van der Waals surface area contributed by atoms with E-state index in [1.807, 2.05) is 0 Å². The van der Waals surface area contributed by atoms with Crippen LogP contribution in [0.1, 0.15) is 0 Å². The number of nitrogens with two attached hydrogens (primary N) is 1. The maximum atomic E-state index is 14.1. The van der Waals surface area contributed by atoms with Crippen LogP contribution >= 0.6 is 11.3 Å². The molecule has 0 amide bonds. The van der Waals surface area contributed by atoms with Gasteiger partial charge in [0.05, 0.1) is 18.7 Å². The zero-order valence-corrected chi connectivity index (χ0v) is 10.0. The molecule has 1 aromatic carbocycles. The minimum absolute atomic E-state index is 0.00634. The molecule has 0 atom stereocenters. The van der Waals surface area contributed by atoms with Gasteiger partial charge in [-0.1, -0.05) is 0 Å². The first-order chi connectivity index (χ1) is 8.17. The van der Waals surface area contributed by atoms with Crippen molar-refractivity contribution < 1.29 is 19.0 Å². The van der Waals surface area contributed by atoms with Crippen LogP contribution in [0.25, 0.3) is 10.1 Å². The fourth-order valence-electron chi connectivity index (χ4n) is 1.55. The Morgan fingerprint density at radius 2 is 2.24 bits per heavy atom. The standard InChI is InChI=1S/C11H12FNO3S/c1-15-7-5-8-6(4-9(13)17-8)10(12)11(7)16-3-2-14/h4-5,14H,2-3,13H2,1H3. The highest BCUT2D eigenvalue weighted by Crippen LogP contribution is 2.40. The number of thiophene rings is 1. The van der Waals surface area contributed by atoms with Crippen molar-refractivity contribution in [3.63, 3.8) is 0 Å².